The molecule has 0 radical (unpaired) electrons. The minimum Gasteiger partial charge on any atom is -0.396 e. The van der Waals surface area contributed by atoms with Crippen LogP contribution in [0.5, 0.6) is 0 Å². The third-order valence-electron chi connectivity index (χ3n) is 2.89. The molecule has 1 aromatic carbocycles. The summed E-state index contributed by atoms with van der Waals surface area (Å²) in [5.41, 5.74) is 2.40. The van der Waals surface area contributed by atoms with E-state index >= 15 is 0 Å². The van der Waals surface area contributed by atoms with Crippen LogP contribution in [-0.2, 0) is 17.9 Å². The molecule has 0 spiro atoms. The Balaban J connectivity index is 2.46. The summed E-state index contributed by atoms with van der Waals surface area (Å²) in [6, 6.07) is 8.15. The first-order valence-electron chi connectivity index (χ1n) is 6.72. The molecular formula is C15H24N2O2. The van der Waals surface area contributed by atoms with Gasteiger partial charge in [0.2, 0.25) is 5.91 Å². The summed E-state index contributed by atoms with van der Waals surface area (Å²) in [4.78, 5) is 13.7. The number of unbranched alkanes of at least 4 members (excludes halogenated alkanes) is 1. The maximum absolute atomic E-state index is 11.6. The molecule has 19 heavy (non-hydrogen) atoms. The Morgan fingerprint density at radius 3 is 2.53 bits per heavy atom. The number of rotatable bonds is 8. The minimum absolute atomic E-state index is 0.0492. The molecule has 0 aliphatic rings. The number of hydrogen-bond donors (Lipinski definition) is 2. The van der Waals surface area contributed by atoms with Crippen molar-refractivity contribution >= 4 is 5.91 Å². The number of hydrogen-bond acceptors (Lipinski definition) is 3. The van der Waals surface area contributed by atoms with E-state index in [9.17, 15) is 4.79 Å². The van der Waals surface area contributed by atoms with Gasteiger partial charge in [-0.25, -0.2) is 0 Å². The fourth-order valence-corrected chi connectivity index (χ4v) is 1.90. The zero-order chi connectivity index (χ0) is 14.1. The molecule has 0 atom stereocenters. The Bertz CT molecular complexity index is 391. The van der Waals surface area contributed by atoms with Crippen molar-refractivity contribution in [3.05, 3.63) is 35.4 Å². The molecule has 0 unspecified atom stereocenters. The normalized spacial score (nSPS) is 10.7. The third kappa shape index (κ3) is 6.36. The molecule has 0 saturated carbocycles. The molecule has 0 fully saturated rings. The predicted molar refractivity (Wildman–Crippen MR) is 76.6 cm³/mol. The average molecular weight is 264 g/mol. The van der Waals surface area contributed by atoms with Gasteiger partial charge in [0.15, 0.2) is 0 Å². The van der Waals surface area contributed by atoms with Crippen molar-refractivity contribution in [1.82, 2.24) is 10.2 Å². The molecule has 0 heterocycles. The summed E-state index contributed by atoms with van der Waals surface area (Å²) in [6.45, 7) is 1.59. The van der Waals surface area contributed by atoms with Crippen LogP contribution < -0.4 is 5.32 Å². The lowest BCUT2D eigenvalue weighted by atomic mass is 10.1. The summed E-state index contributed by atoms with van der Waals surface area (Å²) in [7, 11) is 4.06. The maximum atomic E-state index is 11.6. The molecule has 2 N–H and O–H groups in total. The van der Waals surface area contributed by atoms with Crippen LogP contribution in [0.25, 0.3) is 0 Å². The van der Waals surface area contributed by atoms with Crippen LogP contribution in [0.4, 0.5) is 0 Å². The molecule has 4 nitrogen and oxygen atoms in total. The van der Waals surface area contributed by atoms with Crippen molar-refractivity contribution in [1.29, 1.82) is 0 Å². The van der Waals surface area contributed by atoms with Crippen molar-refractivity contribution in [3.8, 4) is 0 Å². The van der Waals surface area contributed by atoms with Gasteiger partial charge in [-0.05, 0) is 38.1 Å². The van der Waals surface area contributed by atoms with Crippen LogP contribution in [0.15, 0.2) is 24.3 Å². The molecule has 0 aliphatic carbocycles. The van der Waals surface area contributed by atoms with Crippen LogP contribution in [0.1, 0.15) is 30.4 Å². The fraction of sp³-hybridized carbons (Fsp3) is 0.533. The van der Waals surface area contributed by atoms with Crippen LogP contribution in [0, 0.1) is 0 Å². The topological polar surface area (TPSA) is 52.6 Å². The predicted octanol–water partition coefficient (Wildman–Crippen LogP) is 1.53. The molecule has 1 rings (SSSR count). The number of nitrogens with one attached hydrogen (secondary N) is 1. The SMILES string of the molecule is CN(C)Cc1ccccc1CNC(=O)CCCCO. The quantitative estimate of drug-likeness (QED) is 0.700. The highest BCUT2D eigenvalue weighted by Gasteiger charge is 2.05. The van der Waals surface area contributed by atoms with E-state index in [1.165, 1.54) is 5.56 Å². The zero-order valence-electron chi connectivity index (χ0n) is 11.9. The smallest absolute Gasteiger partial charge is 0.220 e. The van der Waals surface area contributed by atoms with Crippen LogP contribution in [-0.4, -0.2) is 36.6 Å². The Labute approximate surface area is 115 Å². The van der Waals surface area contributed by atoms with Crippen molar-refractivity contribution in [2.75, 3.05) is 20.7 Å². The number of amides is 1. The molecule has 0 bridgehead atoms. The van der Waals surface area contributed by atoms with E-state index in [4.69, 9.17) is 5.11 Å². The van der Waals surface area contributed by atoms with Gasteiger partial charge in [0.25, 0.3) is 0 Å². The summed E-state index contributed by atoms with van der Waals surface area (Å²) in [5.74, 6) is 0.0492. The maximum Gasteiger partial charge on any atom is 0.220 e. The first kappa shape index (κ1) is 15.7. The van der Waals surface area contributed by atoms with Gasteiger partial charge in [0.05, 0.1) is 0 Å². The molecular weight excluding hydrogens is 240 g/mol. The van der Waals surface area contributed by atoms with Gasteiger partial charge in [-0.3, -0.25) is 4.79 Å². The lowest BCUT2D eigenvalue weighted by molar-refractivity contribution is -0.121. The standard InChI is InChI=1S/C15H24N2O2/c1-17(2)12-14-8-4-3-7-13(14)11-16-15(19)9-5-6-10-18/h3-4,7-8,18H,5-6,9-12H2,1-2H3,(H,16,19). The largest absolute Gasteiger partial charge is 0.396 e. The Morgan fingerprint density at radius 2 is 1.89 bits per heavy atom. The van der Waals surface area contributed by atoms with Crippen LogP contribution >= 0.6 is 0 Å². The van der Waals surface area contributed by atoms with Gasteiger partial charge < -0.3 is 15.3 Å². The van der Waals surface area contributed by atoms with Crippen molar-refractivity contribution < 1.29 is 9.90 Å². The summed E-state index contributed by atoms with van der Waals surface area (Å²) in [5, 5.41) is 11.6. The molecule has 1 amide bonds. The molecule has 1 aromatic rings. The first-order valence-corrected chi connectivity index (χ1v) is 6.72. The summed E-state index contributed by atoms with van der Waals surface area (Å²) in [6.07, 6.45) is 1.91. The van der Waals surface area contributed by atoms with Crippen molar-refractivity contribution in [2.24, 2.45) is 0 Å². The van der Waals surface area contributed by atoms with Gasteiger partial charge >= 0.3 is 0 Å². The summed E-state index contributed by atoms with van der Waals surface area (Å²) < 4.78 is 0. The van der Waals surface area contributed by atoms with Gasteiger partial charge in [0, 0.05) is 26.1 Å². The highest BCUT2D eigenvalue weighted by atomic mass is 16.2. The van der Waals surface area contributed by atoms with Gasteiger partial charge in [-0.1, -0.05) is 24.3 Å². The number of aliphatic hydroxyl groups excluding tert-OH is 1. The minimum atomic E-state index is 0.0492. The van der Waals surface area contributed by atoms with Crippen LogP contribution in [0.2, 0.25) is 0 Å². The molecule has 4 heteroatoms. The van der Waals surface area contributed by atoms with E-state index in [2.05, 4.69) is 16.3 Å². The Hall–Kier alpha value is -1.39. The molecule has 106 valence electrons. The highest BCUT2D eigenvalue weighted by Crippen LogP contribution is 2.10. The number of carbonyl (C=O) groups excluding carboxylic acids is 1. The average Bonchev–Trinajstić information content (AvgIpc) is 2.37. The molecule has 0 aliphatic heterocycles. The Kier molecular flexibility index (Phi) is 7.15. The monoisotopic (exact) mass is 264 g/mol. The molecule has 0 saturated heterocycles. The lowest BCUT2D eigenvalue weighted by Gasteiger charge is -2.14. The van der Waals surface area contributed by atoms with E-state index in [1.54, 1.807) is 0 Å². The molecule has 0 aromatic heterocycles. The van der Waals surface area contributed by atoms with E-state index in [1.807, 2.05) is 32.3 Å². The number of aliphatic hydroxyl groups is 1. The highest BCUT2D eigenvalue weighted by molar-refractivity contribution is 5.75. The van der Waals surface area contributed by atoms with Crippen molar-refractivity contribution in [2.45, 2.75) is 32.4 Å². The van der Waals surface area contributed by atoms with E-state index < -0.39 is 0 Å². The lowest BCUT2D eigenvalue weighted by Crippen LogP contribution is -2.23. The number of nitrogens with zero attached hydrogens (tertiary/aromatic N) is 1. The van der Waals surface area contributed by atoms with Gasteiger partial charge in [0.1, 0.15) is 0 Å². The third-order valence-corrected chi connectivity index (χ3v) is 2.89. The number of benzene rings is 1. The second-order valence-electron chi connectivity index (χ2n) is 4.96. The zero-order valence-corrected chi connectivity index (χ0v) is 11.9. The second-order valence-corrected chi connectivity index (χ2v) is 4.96. The van der Waals surface area contributed by atoms with Crippen LogP contribution in [0.3, 0.4) is 0 Å². The van der Waals surface area contributed by atoms with E-state index in [-0.39, 0.29) is 12.5 Å². The van der Waals surface area contributed by atoms with Crippen molar-refractivity contribution in [3.63, 3.8) is 0 Å². The first-order chi connectivity index (χ1) is 9.13. The number of carbonyl (C=O) groups is 1. The van der Waals surface area contributed by atoms with Gasteiger partial charge in [-0.15, -0.1) is 0 Å². The Morgan fingerprint density at radius 1 is 1.21 bits per heavy atom. The van der Waals surface area contributed by atoms with Gasteiger partial charge in [-0.2, -0.15) is 0 Å². The summed E-state index contributed by atoms with van der Waals surface area (Å²) >= 11 is 0. The van der Waals surface area contributed by atoms with E-state index in [0.29, 0.717) is 19.4 Å². The fourth-order valence-electron chi connectivity index (χ4n) is 1.90. The van der Waals surface area contributed by atoms with E-state index in [0.717, 1.165) is 18.5 Å². The second kappa shape index (κ2) is 8.67.